The van der Waals surface area contributed by atoms with Gasteiger partial charge in [-0.2, -0.15) is 0 Å². The van der Waals surface area contributed by atoms with Crippen molar-refractivity contribution in [3.8, 4) is 0 Å². The standard InChI is InChI=1S/C20H29N3.ClH/c1-20(2)9-7-13(8-10-20)19-17(21)5-6-18(23-19)14-11-15-3-4-16(12-14)22-15;/h5-7,14-16,22H,3-4,8-12,21H2,1-2H3;1H. The Labute approximate surface area is 151 Å². The van der Waals surface area contributed by atoms with Gasteiger partial charge in [0.2, 0.25) is 0 Å². The second-order valence-corrected chi connectivity index (χ2v) is 8.58. The van der Waals surface area contributed by atoms with Crippen molar-refractivity contribution in [1.82, 2.24) is 10.3 Å². The van der Waals surface area contributed by atoms with Crippen LogP contribution in [0, 0.1) is 5.41 Å². The molecule has 2 unspecified atom stereocenters. The number of pyridine rings is 1. The molecule has 2 atom stereocenters. The van der Waals surface area contributed by atoms with Gasteiger partial charge >= 0.3 is 0 Å². The predicted octanol–water partition coefficient (Wildman–Crippen LogP) is 4.68. The number of aromatic nitrogens is 1. The number of fused-ring (bicyclic) bond motifs is 2. The number of allylic oxidation sites excluding steroid dienone is 2. The van der Waals surface area contributed by atoms with Gasteiger partial charge in [-0.25, -0.2) is 0 Å². The van der Waals surface area contributed by atoms with Crippen LogP contribution < -0.4 is 11.1 Å². The SMILES string of the molecule is CC1(C)CC=C(c2nc(C3CC4CCC(C3)N4)ccc2N)CC1.Cl. The molecule has 2 saturated heterocycles. The predicted molar refractivity (Wildman–Crippen MR) is 103 cm³/mol. The number of nitrogen functional groups attached to an aromatic ring is 1. The van der Waals surface area contributed by atoms with Crippen LogP contribution >= 0.6 is 12.4 Å². The van der Waals surface area contributed by atoms with Crippen LogP contribution in [0.5, 0.6) is 0 Å². The molecular formula is C20H30ClN3. The Kier molecular flexibility index (Phi) is 4.94. The monoisotopic (exact) mass is 347 g/mol. The third-order valence-corrected chi connectivity index (χ3v) is 6.12. The number of anilines is 1. The summed E-state index contributed by atoms with van der Waals surface area (Å²) in [6, 6.07) is 5.66. The molecule has 2 fully saturated rings. The maximum atomic E-state index is 6.27. The number of rotatable bonds is 2. The summed E-state index contributed by atoms with van der Waals surface area (Å²) in [5, 5.41) is 3.72. The zero-order valence-corrected chi connectivity index (χ0v) is 15.7. The smallest absolute Gasteiger partial charge is 0.0891 e. The van der Waals surface area contributed by atoms with Crippen LogP contribution in [0.3, 0.4) is 0 Å². The maximum Gasteiger partial charge on any atom is 0.0891 e. The number of nitrogens with zero attached hydrogens (tertiary/aromatic N) is 1. The zero-order chi connectivity index (χ0) is 16.0. The number of halogens is 1. The first-order valence-electron chi connectivity index (χ1n) is 9.22. The second kappa shape index (κ2) is 6.68. The zero-order valence-electron chi connectivity index (χ0n) is 14.8. The average molecular weight is 348 g/mol. The second-order valence-electron chi connectivity index (χ2n) is 8.58. The number of piperidine rings is 1. The van der Waals surface area contributed by atoms with Gasteiger partial charge in [0.25, 0.3) is 0 Å². The third-order valence-electron chi connectivity index (χ3n) is 6.12. The van der Waals surface area contributed by atoms with E-state index in [9.17, 15) is 0 Å². The van der Waals surface area contributed by atoms with E-state index < -0.39 is 0 Å². The molecule has 1 aromatic rings. The first-order chi connectivity index (χ1) is 11.0. The summed E-state index contributed by atoms with van der Waals surface area (Å²) in [6.07, 6.45) is 11.0. The van der Waals surface area contributed by atoms with Gasteiger partial charge in [-0.1, -0.05) is 19.9 Å². The summed E-state index contributed by atoms with van der Waals surface area (Å²) in [7, 11) is 0. The molecule has 1 aromatic heterocycles. The van der Waals surface area contributed by atoms with E-state index in [1.54, 1.807) is 0 Å². The Hall–Kier alpha value is -1.06. The molecule has 0 aromatic carbocycles. The highest BCUT2D eigenvalue weighted by atomic mass is 35.5. The minimum atomic E-state index is 0. The van der Waals surface area contributed by atoms with Crippen LogP contribution in [0.2, 0.25) is 0 Å². The van der Waals surface area contributed by atoms with E-state index in [4.69, 9.17) is 10.7 Å². The number of hydrogen-bond donors (Lipinski definition) is 2. The first kappa shape index (κ1) is 17.8. The lowest BCUT2D eigenvalue weighted by atomic mass is 9.77. The molecule has 4 heteroatoms. The van der Waals surface area contributed by atoms with E-state index in [-0.39, 0.29) is 12.4 Å². The molecular weight excluding hydrogens is 318 g/mol. The van der Waals surface area contributed by atoms with Crippen molar-refractivity contribution in [1.29, 1.82) is 0 Å². The van der Waals surface area contributed by atoms with Crippen molar-refractivity contribution in [2.75, 3.05) is 5.73 Å². The van der Waals surface area contributed by atoms with Crippen LogP contribution in [0.1, 0.15) is 76.1 Å². The van der Waals surface area contributed by atoms with E-state index in [2.05, 4.69) is 37.4 Å². The van der Waals surface area contributed by atoms with Crippen molar-refractivity contribution in [3.63, 3.8) is 0 Å². The van der Waals surface area contributed by atoms with E-state index in [1.807, 2.05) is 0 Å². The lowest BCUT2D eigenvalue weighted by molar-refractivity contribution is 0.334. The summed E-state index contributed by atoms with van der Waals surface area (Å²) in [4.78, 5) is 5.04. The van der Waals surface area contributed by atoms with Gasteiger partial charge in [0.05, 0.1) is 11.4 Å². The maximum absolute atomic E-state index is 6.27. The lowest BCUT2D eigenvalue weighted by Crippen LogP contribution is -2.37. The normalized spacial score (nSPS) is 31.2. The molecule has 3 heterocycles. The largest absolute Gasteiger partial charge is 0.397 e. The molecule has 3 nitrogen and oxygen atoms in total. The topological polar surface area (TPSA) is 50.9 Å². The van der Waals surface area contributed by atoms with Crippen LogP contribution in [-0.2, 0) is 0 Å². The van der Waals surface area contributed by atoms with Crippen molar-refractivity contribution >= 4 is 23.7 Å². The Balaban J connectivity index is 0.00000169. The van der Waals surface area contributed by atoms with Gasteiger partial charge in [-0.05, 0) is 68.1 Å². The third kappa shape index (κ3) is 3.48. The van der Waals surface area contributed by atoms with Gasteiger partial charge in [-0.15, -0.1) is 12.4 Å². The number of hydrogen-bond acceptors (Lipinski definition) is 3. The summed E-state index contributed by atoms with van der Waals surface area (Å²) < 4.78 is 0. The fourth-order valence-electron chi connectivity index (χ4n) is 4.56. The first-order valence-corrected chi connectivity index (χ1v) is 9.22. The summed E-state index contributed by atoms with van der Waals surface area (Å²) in [5.41, 5.74) is 11.2. The molecule has 0 spiro atoms. The Morgan fingerprint density at radius 2 is 1.88 bits per heavy atom. The minimum Gasteiger partial charge on any atom is -0.397 e. The Morgan fingerprint density at radius 1 is 1.17 bits per heavy atom. The van der Waals surface area contributed by atoms with Gasteiger partial charge in [0.1, 0.15) is 0 Å². The summed E-state index contributed by atoms with van der Waals surface area (Å²) >= 11 is 0. The highest BCUT2D eigenvalue weighted by Crippen LogP contribution is 2.40. The molecule has 0 saturated carbocycles. The highest BCUT2D eigenvalue weighted by molar-refractivity contribution is 5.85. The fraction of sp³-hybridized carbons (Fsp3) is 0.650. The lowest BCUT2D eigenvalue weighted by Gasteiger charge is -2.30. The molecule has 0 amide bonds. The van der Waals surface area contributed by atoms with E-state index in [1.165, 1.54) is 43.4 Å². The molecule has 4 rings (SSSR count). The number of nitrogens with two attached hydrogens (primary N) is 1. The van der Waals surface area contributed by atoms with E-state index in [0.29, 0.717) is 23.4 Å². The quantitative estimate of drug-likeness (QED) is 0.816. The Bertz CT molecular complexity index is 626. The van der Waals surface area contributed by atoms with Crippen LogP contribution in [0.15, 0.2) is 18.2 Å². The molecule has 3 aliphatic rings. The van der Waals surface area contributed by atoms with Crippen molar-refractivity contribution in [2.24, 2.45) is 5.41 Å². The fourth-order valence-corrected chi connectivity index (χ4v) is 4.56. The molecule has 24 heavy (non-hydrogen) atoms. The van der Waals surface area contributed by atoms with Crippen molar-refractivity contribution in [3.05, 3.63) is 29.6 Å². The summed E-state index contributed by atoms with van der Waals surface area (Å²) in [6.45, 7) is 4.69. The molecule has 2 aliphatic heterocycles. The Morgan fingerprint density at radius 3 is 2.50 bits per heavy atom. The molecule has 3 N–H and O–H groups in total. The van der Waals surface area contributed by atoms with Gasteiger partial charge < -0.3 is 11.1 Å². The van der Waals surface area contributed by atoms with E-state index >= 15 is 0 Å². The average Bonchev–Trinajstić information content (AvgIpc) is 2.86. The van der Waals surface area contributed by atoms with Crippen molar-refractivity contribution in [2.45, 2.75) is 76.8 Å². The summed E-state index contributed by atoms with van der Waals surface area (Å²) in [5.74, 6) is 0.605. The number of nitrogens with one attached hydrogen (secondary N) is 1. The molecule has 132 valence electrons. The minimum absolute atomic E-state index is 0. The van der Waals surface area contributed by atoms with Gasteiger partial charge in [0.15, 0.2) is 0 Å². The van der Waals surface area contributed by atoms with Crippen LogP contribution in [-0.4, -0.2) is 17.1 Å². The van der Waals surface area contributed by atoms with E-state index in [0.717, 1.165) is 24.2 Å². The molecule has 2 bridgehead atoms. The van der Waals surface area contributed by atoms with Gasteiger partial charge in [0, 0.05) is 23.7 Å². The van der Waals surface area contributed by atoms with Crippen LogP contribution in [0.4, 0.5) is 5.69 Å². The van der Waals surface area contributed by atoms with Crippen molar-refractivity contribution < 1.29 is 0 Å². The molecule has 1 aliphatic carbocycles. The highest BCUT2D eigenvalue weighted by Gasteiger charge is 2.35. The van der Waals surface area contributed by atoms with Gasteiger partial charge in [-0.3, -0.25) is 4.98 Å². The van der Waals surface area contributed by atoms with Crippen LogP contribution in [0.25, 0.3) is 5.57 Å². The molecule has 0 radical (unpaired) electrons.